The Morgan fingerprint density at radius 2 is 1.63 bits per heavy atom. The Morgan fingerprint density at radius 1 is 0.926 bits per heavy atom. The topological polar surface area (TPSA) is 49.0 Å². The van der Waals surface area contributed by atoms with Crippen LogP contribution in [0.25, 0.3) is 0 Å². The molecule has 1 aliphatic rings. The molecule has 1 unspecified atom stereocenters. The molecule has 0 saturated heterocycles. The molecule has 146 valence electrons. The lowest BCUT2D eigenvalue weighted by molar-refractivity contribution is 0.286. The van der Waals surface area contributed by atoms with Crippen molar-refractivity contribution >= 4 is 0 Å². The zero-order chi connectivity index (χ0) is 19.4. The molecule has 0 saturated carbocycles. The van der Waals surface area contributed by atoms with E-state index in [-0.39, 0.29) is 6.04 Å². The summed E-state index contributed by atoms with van der Waals surface area (Å²) in [6, 6.07) is 8.35. The molecule has 1 aliphatic heterocycles. The largest absolute Gasteiger partial charge is 0.496 e. The van der Waals surface area contributed by atoms with Crippen LogP contribution in [-0.4, -0.2) is 34.0 Å². The van der Waals surface area contributed by atoms with Crippen molar-refractivity contribution in [3.8, 4) is 23.0 Å². The van der Waals surface area contributed by atoms with Gasteiger partial charge in [-0.15, -0.1) is 0 Å². The molecule has 0 spiro atoms. The number of rotatable bonds is 7. The maximum absolute atomic E-state index is 5.85. The standard InChI is InChI=1S/C22H29NO4/c1-6-26-19-12-15-10-11-23-21(17(15)13-20(19)27-7-2)16-8-9-18(24-4)14(3)22(16)25-5/h8-9,12-13,21,23H,6-7,10-11H2,1-5H3. The van der Waals surface area contributed by atoms with E-state index >= 15 is 0 Å². The lowest BCUT2D eigenvalue weighted by Crippen LogP contribution is -2.31. The Kier molecular flexibility index (Phi) is 6.11. The van der Waals surface area contributed by atoms with Crippen LogP contribution in [0.5, 0.6) is 23.0 Å². The first-order chi connectivity index (χ1) is 13.1. The Morgan fingerprint density at radius 3 is 2.26 bits per heavy atom. The lowest BCUT2D eigenvalue weighted by Gasteiger charge is -2.30. The van der Waals surface area contributed by atoms with E-state index in [0.717, 1.165) is 47.1 Å². The molecule has 0 aromatic heterocycles. The molecule has 1 N–H and O–H groups in total. The van der Waals surface area contributed by atoms with Crippen molar-refractivity contribution in [2.75, 3.05) is 34.0 Å². The van der Waals surface area contributed by atoms with Crippen LogP contribution in [0.2, 0.25) is 0 Å². The zero-order valence-corrected chi connectivity index (χ0v) is 16.8. The van der Waals surface area contributed by atoms with Gasteiger partial charge in [-0.05, 0) is 62.6 Å². The van der Waals surface area contributed by atoms with Gasteiger partial charge in [-0.3, -0.25) is 0 Å². The maximum Gasteiger partial charge on any atom is 0.161 e. The molecule has 3 rings (SSSR count). The molecule has 0 bridgehead atoms. The SMILES string of the molecule is CCOc1cc2c(cc1OCC)C(c1ccc(OC)c(C)c1OC)NCC2. The summed E-state index contributed by atoms with van der Waals surface area (Å²) in [7, 11) is 3.39. The molecule has 2 aromatic rings. The first-order valence-corrected chi connectivity index (χ1v) is 9.51. The number of hydrogen-bond donors (Lipinski definition) is 1. The van der Waals surface area contributed by atoms with Gasteiger partial charge in [0.25, 0.3) is 0 Å². The Bertz CT molecular complexity index is 803. The molecule has 1 heterocycles. The first kappa shape index (κ1) is 19.4. The quantitative estimate of drug-likeness (QED) is 0.796. The van der Waals surface area contributed by atoms with E-state index in [2.05, 4.69) is 23.5 Å². The second kappa shape index (κ2) is 8.53. The van der Waals surface area contributed by atoms with Crippen molar-refractivity contribution < 1.29 is 18.9 Å². The van der Waals surface area contributed by atoms with Crippen molar-refractivity contribution in [2.24, 2.45) is 0 Å². The van der Waals surface area contributed by atoms with Crippen LogP contribution < -0.4 is 24.3 Å². The van der Waals surface area contributed by atoms with E-state index in [1.165, 1.54) is 11.1 Å². The highest BCUT2D eigenvalue weighted by Crippen LogP contribution is 2.42. The smallest absolute Gasteiger partial charge is 0.161 e. The summed E-state index contributed by atoms with van der Waals surface area (Å²) in [6.07, 6.45) is 0.954. The molecule has 5 heteroatoms. The number of hydrogen-bond acceptors (Lipinski definition) is 5. The van der Waals surface area contributed by atoms with Crippen molar-refractivity contribution in [1.82, 2.24) is 5.32 Å². The highest BCUT2D eigenvalue weighted by molar-refractivity contribution is 5.56. The number of nitrogens with one attached hydrogen (secondary N) is 1. The van der Waals surface area contributed by atoms with Gasteiger partial charge in [0.2, 0.25) is 0 Å². The normalized spacial score (nSPS) is 15.8. The predicted octanol–water partition coefficient (Wildman–Crippen LogP) is 4.04. The minimum Gasteiger partial charge on any atom is -0.496 e. The lowest BCUT2D eigenvalue weighted by atomic mass is 9.88. The first-order valence-electron chi connectivity index (χ1n) is 9.51. The second-order valence-corrected chi connectivity index (χ2v) is 6.52. The Hall–Kier alpha value is -2.40. The molecule has 0 amide bonds. The summed E-state index contributed by atoms with van der Waals surface area (Å²) in [5, 5.41) is 3.63. The molecular formula is C22H29NO4. The highest BCUT2D eigenvalue weighted by Gasteiger charge is 2.27. The van der Waals surface area contributed by atoms with Crippen LogP contribution in [0.15, 0.2) is 24.3 Å². The minimum atomic E-state index is 0.0307. The summed E-state index contributed by atoms with van der Waals surface area (Å²) in [6.45, 7) is 8.11. The summed E-state index contributed by atoms with van der Waals surface area (Å²) in [5.74, 6) is 3.28. The Balaban J connectivity index is 2.11. The number of ether oxygens (including phenoxy) is 4. The van der Waals surface area contributed by atoms with Gasteiger partial charge in [-0.25, -0.2) is 0 Å². The zero-order valence-electron chi connectivity index (χ0n) is 16.8. The summed E-state index contributed by atoms with van der Waals surface area (Å²) >= 11 is 0. The summed E-state index contributed by atoms with van der Waals surface area (Å²) in [5.41, 5.74) is 4.59. The van der Waals surface area contributed by atoms with E-state index < -0.39 is 0 Å². The van der Waals surface area contributed by atoms with Crippen LogP contribution in [0.1, 0.15) is 42.1 Å². The molecule has 2 aromatic carbocycles. The fourth-order valence-electron chi connectivity index (χ4n) is 3.79. The third-order valence-corrected chi connectivity index (χ3v) is 4.98. The van der Waals surface area contributed by atoms with Crippen LogP contribution in [0, 0.1) is 6.92 Å². The minimum absolute atomic E-state index is 0.0307. The van der Waals surface area contributed by atoms with Gasteiger partial charge >= 0.3 is 0 Å². The maximum atomic E-state index is 5.85. The number of methoxy groups -OCH3 is 2. The van der Waals surface area contributed by atoms with Gasteiger partial charge in [-0.1, -0.05) is 0 Å². The number of fused-ring (bicyclic) bond motifs is 1. The third kappa shape index (κ3) is 3.69. The van der Waals surface area contributed by atoms with Crippen molar-refractivity contribution in [2.45, 2.75) is 33.2 Å². The molecule has 0 aliphatic carbocycles. The molecule has 0 fully saturated rings. The third-order valence-electron chi connectivity index (χ3n) is 4.98. The van der Waals surface area contributed by atoms with Crippen LogP contribution >= 0.6 is 0 Å². The van der Waals surface area contributed by atoms with Gasteiger partial charge in [0.05, 0.1) is 33.5 Å². The van der Waals surface area contributed by atoms with E-state index in [4.69, 9.17) is 18.9 Å². The van der Waals surface area contributed by atoms with Crippen molar-refractivity contribution in [1.29, 1.82) is 0 Å². The average molecular weight is 371 g/mol. The van der Waals surface area contributed by atoms with Gasteiger partial charge in [-0.2, -0.15) is 0 Å². The van der Waals surface area contributed by atoms with Crippen LogP contribution in [-0.2, 0) is 6.42 Å². The molecular weight excluding hydrogens is 342 g/mol. The van der Waals surface area contributed by atoms with E-state index in [0.29, 0.717) is 13.2 Å². The fraction of sp³-hybridized carbons (Fsp3) is 0.455. The molecule has 27 heavy (non-hydrogen) atoms. The predicted molar refractivity (Wildman–Crippen MR) is 107 cm³/mol. The van der Waals surface area contributed by atoms with Crippen LogP contribution in [0.3, 0.4) is 0 Å². The van der Waals surface area contributed by atoms with Gasteiger partial charge in [0.15, 0.2) is 11.5 Å². The van der Waals surface area contributed by atoms with Gasteiger partial charge in [0, 0.05) is 17.7 Å². The number of benzene rings is 2. The van der Waals surface area contributed by atoms with E-state index in [1.54, 1.807) is 14.2 Å². The second-order valence-electron chi connectivity index (χ2n) is 6.52. The van der Waals surface area contributed by atoms with Gasteiger partial charge in [0.1, 0.15) is 11.5 Å². The molecule has 5 nitrogen and oxygen atoms in total. The Labute approximate surface area is 161 Å². The summed E-state index contributed by atoms with van der Waals surface area (Å²) < 4.78 is 22.9. The molecule has 0 radical (unpaired) electrons. The van der Waals surface area contributed by atoms with Gasteiger partial charge < -0.3 is 24.3 Å². The van der Waals surface area contributed by atoms with Crippen molar-refractivity contribution in [3.05, 3.63) is 46.5 Å². The van der Waals surface area contributed by atoms with E-state index in [1.807, 2.05) is 26.8 Å². The van der Waals surface area contributed by atoms with Crippen LogP contribution in [0.4, 0.5) is 0 Å². The monoisotopic (exact) mass is 371 g/mol. The highest BCUT2D eigenvalue weighted by atomic mass is 16.5. The van der Waals surface area contributed by atoms with Crippen molar-refractivity contribution in [3.63, 3.8) is 0 Å². The average Bonchev–Trinajstić information content (AvgIpc) is 2.68. The summed E-state index contributed by atoms with van der Waals surface area (Å²) in [4.78, 5) is 0. The fourth-order valence-corrected chi connectivity index (χ4v) is 3.79. The molecule has 1 atom stereocenters. The van der Waals surface area contributed by atoms with E-state index in [9.17, 15) is 0 Å².